The normalized spacial score (nSPS) is 11.0. The molecule has 10 heteroatoms. The van der Waals surface area contributed by atoms with Crippen molar-refractivity contribution in [3.8, 4) is 0 Å². The van der Waals surface area contributed by atoms with Crippen molar-refractivity contribution in [3.63, 3.8) is 0 Å². The van der Waals surface area contributed by atoms with Gasteiger partial charge in [0, 0.05) is 30.1 Å². The standard InChI is InChI=1S/C20H20N4O4S2/c1-14(25)21-15-6-5-7-16(12-15)22-19(26)11-10-17-13-29-20(23-17)24-30(27,28)18-8-3-2-4-9-18/h2-9,12-13H,10-11H2,1H3,(H,21,25)(H,22,26)(H,23,24). The number of hydrogen-bond donors (Lipinski definition) is 3. The van der Waals surface area contributed by atoms with Gasteiger partial charge in [-0.1, -0.05) is 24.3 Å². The van der Waals surface area contributed by atoms with Crippen LogP contribution in [0.1, 0.15) is 19.0 Å². The van der Waals surface area contributed by atoms with Crippen molar-refractivity contribution in [2.24, 2.45) is 0 Å². The Hall–Kier alpha value is -3.24. The Balaban J connectivity index is 1.54. The van der Waals surface area contributed by atoms with E-state index in [9.17, 15) is 18.0 Å². The Kier molecular flexibility index (Phi) is 6.80. The number of aryl methyl sites for hydroxylation is 1. The summed E-state index contributed by atoms with van der Waals surface area (Å²) in [5.41, 5.74) is 1.78. The van der Waals surface area contributed by atoms with Gasteiger partial charge in [-0.3, -0.25) is 14.3 Å². The Labute approximate surface area is 178 Å². The number of aromatic nitrogens is 1. The van der Waals surface area contributed by atoms with Crippen molar-refractivity contribution in [2.75, 3.05) is 15.4 Å². The van der Waals surface area contributed by atoms with E-state index < -0.39 is 10.0 Å². The van der Waals surface area contributed by atoms with Crippen LogP contribution in [0.15, 0.2) is 64.9 Å². The zero-order valence-electron chi connectivity index (χ0n) is 16.1. The lowest BCUT2D eigenvalue weighted by atomic mass is 10.2. The van der Waals surface area contributed by atoms with Crippen LogP contribution in [0.2, 0.25) is 0 Å². The van der Waals surface area contributed by atoms with E-state index in [-0.39, 0.29) is 28.3 Å². The number of hydrogen-bond acceptors (Lipinski definition) is 6. The molecule has 0 radical (unpaired) electrons. The molecule has 0 unspecified atom stereocenters. The maximum atomic E-state index is 12.3. The van der Waals surface area contributed by atoms with Crippen LogP contribution in [0.5, 0.6) is 0 Å². The number of nitrogens with zero attached hydrogens (tertiary/aromatic N) is 1. The number of amides is 2. The van der Waals surface area contributed by atoms with Crippen LogP contribution in [0.3, 0.4) is 0 Å². The molecule has 0 aliphatic rings. The molecule has 2 amide bonds. The topological polar surface area (TPSA) is 117 Å². The van der Waals surface area contributed by atoms with Crippen LogP contribution in [0.4, 0.5) is 16.5 Å². The number of benzene rings is 2. The first-order valence-corrected chi connectivity index (χ1v) is 11.4. The number of sulfonamides is 1. The summed E-state index contributed by atoms with van der Waals surface area (Å²) in [6.45, 7) is 1.41. The number of carbonyl (C=O) groups is 2. The highest BCUT2D eigenvalue weighted by Gasteiger charge is 2.16. The van der Waals surface area contributed by atoms with E-state index in [4.69, 9.17) is 0 Å². The van der Waals surface area contributed by atoms with E-state index >= 15 is 0 Å². The summed E-state index contributed by atoms with van der Waals surface area (Å²) in [5.74, 6) is -0.407. The summed E-state index contributed by atoms with van der Waals surface area (Å²) in [6.07, 6.45) is 0.541. The van der Waals surface area contributed by atoms with Gasteiger partial charge in [0.05, 0.1) is 10.6 Å². The van der Waals surface area contributed by atoms with E-state index in [1.54, 1.807) is 47.8 Å². The molecule has 0 saturated heterocycles. The molecule has 1 heterocycles. The fourth-order valence-electron chi connectivity index (χ4n) is 2.59. The van der Waals surface area contributed by atoms with Gasteiger partial charge >= 0.3 is 0 Å². The summed E-state index contributed by atoms with van der Waals surface area (Å²) < 4.78 is 27.1. The molecule has 3 N–H and O–H groups in total. The molecule has 0 aliphatic carbocycles. The van der Waals surface area contributed by atoms with Crippen LogP contribution < -0.4 is 15.4 Å². The van der Waals surface area contributed by atoms with Gasteiger partial charge in [-0.25, -0.2) is 13.4 Å². The zero-order valence-corrected chi connectivity index (χ0v) is 17.7. The average Bonchev–Trinajstić information content (AvgIpc) is 3.13. The molecule has 0 atom stereocenters. The molecule has 2 aromatic carbocycles. The van der Waals surface area contributed by atoms with Crippen molar-refractivity contribution in [3.05, 3.63) is 65.7 Å². The second-order valence-electron chi connectivity index (χ2n) is 6.37. The Morgan fingerprint density at radius 1 is 1.00 bits per heavy atom. The van der Waals surface area contributed by atoms with Crippen LogP contribution >= 0.6 is 11.3 Å². The molecule has 0 saturated carbocycles. The van der Waals surface area contributed by atoms with E-state index in [1.165, 1.54) is 19.1 Å². The molecular weight excluding hydrogens is 424 g/mol. The summed E-state index contributed by atoms with van der Waals surface area (Å²) in [5, 5.41) is 7.38. The lowest BCUT2D eigenvalue weighted by Crippen LogP contribution is -2.14. The van der Waals surface area contributed by atoms with Gasteiger partial charge in [0.2, 0.25) is 11.8 Å². The van der Waals surface area contributed by atoms with Crippen molar-refractivity contribution < 1.29 is 18.0 Å². The van der Waals surface area contributed by atoms with Gasteiger partial charge in [-0.15, -0.1) is 11.3 Å². The maximum absolute atomic E-state index is 12.3. The fourth-order valence-corrected chi connectivity index (χ4v) is 4.60. The summed E-state index contributed by atoms with van der Waals surface area (Å²) >= 11 is 1.16. The molecule has 0 fully saturated rings. The monoisotopic (exact) mass is 444 g/mol. The van der Waals surface area contributed by atoms with Crippen molar-refractivity contribution in [1.82, 2.24) is 4.98 Å². The summed E-state index contributed by atoms with van der Waals surface area (Å²) in [4.78, 5) is 27.7. The lowest BCUT2D eigenvalue weighted by Gasteiger charge is -2.07. The van der Waals surface area contributed by atoms with Crippen LogP contribution in [0, 0.1) is 0 Å². The summed E-state index contributed by atoms with van der Waals surface area (Å²) in [6, 6.07) is 14.9. The van der Waals surface area contributed by atoms with Gasteiger partial charge in [-0.05, 0) is 36.8 Å². The van der Waals surface area contributed by atoms with E-state index in [0.29, 0.717) is 23.5 Å². The van der Waals surface area contributed by atoms with E-state index in [0.717, 1.165) is 11.3 Å². The first kappa shape index (κ1) is 21.5. The quantitative estimate of drug-likeness (QED) is 0.492. The molecule has 30 heavy (non-hydrogen) atoms. The largest absolute Gasteiger partial charge is 0.326 e. The van der Waals surface area contributed by atoms with Crippen molar-refractivity contribution in [2.45, 2.75) is 24.7 Å². The minimum atomic E-state index is -3.70. The highest BCUT2D eigenvalue weighted by molar-refractivity contribution is 7.93. The molecule has 1 aromatic heterocycles. The van der Waals surface area contributed by atoms with Crippen molar-refractivity contribution >= 4 is 49.7 Å². The molecule has 3 aromatic rings. The predicted octanol–water partition coefficient (Wildman–Crippen LogP) is 3.47. The molecule has 8 nitrogen and oxygen atoms in total. The minimum absolute atomic E-state index is 0.155. The second-order valence-corrected chi connectivity index (χ2v) is 8.91. The molecule has 3 rings (SSSR count). The number of thiazole rings is 1. The third-order valence-corrected chi connectivity index (χ3v) is 6.19. The SMILES string of the molecule is CC(=O)Nc1cccc(NC(=O)CCc2csc(NS(=O)(=O)c3ccccc3)n2)c1. The highest BCUT2D eigenvalue weighted by Crippen LogP contribution is 2.21. The molecule has 0 bridgehead atoms. The van der Waals surface area contributed by atoms with Gasteiger partial charge in [0.1, 0.15) is 0 Å². The summed E-state index contributed by atoms with van der Waals surface area (Å²) in [7, 11) is -3.70. The van der Waals surface area contributed by atoms with Gasteiger partial charge < -0.3 is 10.6 Å². The molecular formula is C20H20N4O4S2. The fraction of sp³-hybridized carbons (Fsp3) is 0.150. The first-order valence-electron chi connectivity index (χ1n) is 9.01. The first-order chi connectivity index (χ1) is 14.3. The molecule has 0 aliphatic heterocycles. The van der Waals surface area contributed by atoms with Crippen LogP contribution in [-0.2, 0) is 26.0 Å². The third-order valence-electron chi connectivity index (χ3n) is 3.90. The average molecular weight is 445 g/mol. The third kappa shape index (κ3) is 6.13. The highest BCUT2D eigenvalue weighted by atomic mass is 32.2. The van der Waals surface area contributed by atoms with Crippen molar-refractivity contribution in [1.29, 1.82) is 0 Å². The number of carbonyl (C=O) groups excluding carboxylic acids is 2. The van der Waals surface area contributed by atoms with Crippen LogP contribution in [0.25, 0.3) is 0 Å². The predicted molar refractivity (Wildman–Crippen MR) is 117 cm³/mol. The zero-order chi connectivity index (χ0) is 21.6. The van der Waals surface area contributed by atoms with Gasteiger partial charge in [-0.2, -0.15) is 0 Å². The van der Waals surface area contributed by atoms with E-state index in [1.807, 2.05) is 0 Å². The number of anilines is 3. The smallest absolute Gasteiger partial charge is 0.263 e. The molecule has 0 spiro atoms. The second kappa shape index (κ2) is 9.51. The minimum Gasteiger partial charge on any atom is -0.326 e. The number of rotatable bonds is 8. The maximum Gasteiger partial charge on any atom is 0.263 e. The van der Waals surface area contributed by atoms with Crippen LogP contribution in [-0.4, -0.2) is 25.2 Å². The van der Waals surface area contributed by atoms with E-state index in [2.05, 4.69) is 20.3 Å². The molecule has 156 valence electrons. The Morgan fingerprint density at radius 2 is 1.70 bits per heavy atom. The lowest BCUT2D eigenvalue weighted by molar-refractivity contribution is -0.116. The van der Waals surface area contributed by atoms with Gasteiger partial charge in [0.25, 0.3) is 10.0 Å². The number of nitrogens with one attached hydrogen (secondary N) is 3. The van der Waals surface area contributed by atoms with Gasteiger partial charge in [0.15, 0.2) is 5.13 Å². The Morgan fingerprint density at radius 3 is 2.40 bits per heavy atom. The Bertz CT molecular complexity index is 1140.